The van der Waals surface area contributed by atoms with Crippen LogP contribution in [-0.2, 0) is 10.1 Å². The second-order valence-corrected chi connectivity index (χ2v) is 3.07. The molecule has 0 atom stereocenters. The maximum Gasteiger partial charge on any atom is 0.339 e. The standard InChI is InChI=1S/C9H10BrNO3/c1-13-8-3-6(4-10)7(5-11-8)9(12)14-2/h3,5H,4H2,1-2H3. The van der Waals surface area contributed by atoms with Crippen LogP contribution in [0.3, 0.4) is 0 Å². The zero-order valence-electron chi connectivity index (χ0n) is 7.91. The summed E-state index contributed by atoms with van der Waals surface area (Å²) in [5.41, 5.74) is 1.24. The Bertz CT molecular complexity index is 341. The highest BCUT2D eigenvalue weighted by Crippen LogP contribution is 2.17. The van der Waals surface area contributed by atoms with Crippen LogP contribution in [0.2, 0.25) is 0 Å². The Kier molecular flexibility index (Phi) is 3.88. The predicted molar refractivity (Wildman–Crippen MR) is 54.8 cm³/mol. The lowest BCUT2D eigenvalue weighted by Gasteiger charge is -2.06. The molecule has 0 saturated heterocycles. The highest BCUT2D eigenvalue weighted by molar-refractivity contribution is 9.08. The molecule has 1 heterocycles. The summed E-state index contributed by atoms with van der Waals surface area (Å²) in [6, 6.07) is 1.70. The van der Waals surface area contributed by atoms with Gasteiger partial charge in [0.2, 0.25) is 5.88 Å². The van der Waals surface area contributed by atoms with Crippen molar-refractivity contribution in [2.45, 2.75) is 5.33 Å². The molecular formula is C9H10BrNO3. The number of carbonyl (C=O) groups excluding carboxylic acids is 1. The van der Waals surface area contributed by atoms with Crippen molar-refractivity contribution in [3.05, 3.63) is 23.4 Å². The number of carbonyl (C=O) groups is 1. The minimum Gasteiger partial charge on any atom is -0.481 e. The lowest BCUT2D eigenvalue weighted by molar-refractivity contribution is 0.0599. The number of alkyl halides is 1. The summed E-state index contributed by atoms with van der Waals surface area (Å²) in [6.07, 6.45) is 1.45. The number of rotatable bonds is 3. The van der Waals surface area contributed by atoms with E-state index >= 15 is 0 Å². The largest absolute Gasteiger partial charge is 0.481 e. The number of hydrogen-bond acceptors (Lipinski definition) is 4. The van der Waals surface area contributed by atoms with Gasteiger partial charge in [-0.15, -0.1) is 0 Å². The Balaban J connectivity index is 3.11. The van der Waals surface area contributed by atoms with Crippen molar-refractivity contribution in [1.82, 2.24) is 4.98 Å². The molecular weight excluding hydrogens is 250 g/mol. The molecule has 0 aliphatic carbocycles. The molecule has 4 nitrogen and oxygen atoms in total. The van der Waals surface area contributed by atoms with Crippen LogP contribution >= 0.6 is 15.9 Å². The van der Waals surface area contributed by atoms with E-state index in [9.17, 15) is 4.79 Å². The van der Waals surface area contributed by atoms with Crippen molar-refractivity contribution in [2.24, 2.45) is 0 Å². The van der Waals surface area contributed by atoms with Crippen molar-refractivity contribution < 1.29 is 14.3 Å². The van der Waals surface area contributed by atoms with Gasteiger partial charge < -0.3 is 9.47 Å². The molecule has 0 N–H and O–H groups in total. The molecule has 0 aromatic carbocycles. The number of hydrogen-bond donors (Lipinski definition) is 0. The van der Waals surface area contributed by atoms with Crippen molar-refractivity contribution in [2.75, 3.05) is 14.2 Å². The van der Waals surface area contributed by atoms with E-state index < -0.39 is 5.97 Å². The molecule has 1 aromatic rings. The van der Waals surface area contributed by atoms with Crippen LogP contribution in [0.4, 0.5) is 0 Å². The van der Waals surface area contributed by atoms with Crippen LogP contribution in [0, 0.1) is 0 Å². The van der Waals surface area contributed by atoms with Crippen molar-refractivity contribution in [3.63, 3.8) is 0 Å². The van der Waals surface area contributed by atoms with Crippen LogP contribution in [0.15, 0.2) is 12.3 Å². The molecule has 0 aliphatic rings. The maximum absolute atomic E-state index is 11.3. The quantitative estimate of drug-likeness (QED) is 0.613. The first-order valence-corrected chi connectivity index (χ1v) is 5.02. The maximum atomic E-state index is 11.3. The number of methoxy groups -OCH3 is 2. The van der Waals surface area contributed by atoms with E-state index in [0.717, 1.165) is 5.56 Å². The average Bonchev–Trinajstić information content (AvgIpc) is 2.27. The van der Waals surface area contributed by atoms with Gasteiger partial charge in [0.1, 0.15) is 0 Å². The Labute approximate surface area is 90.4 Å². The van der Waals surface area contributed by atoms with Gasteiger partial charge in [-0.1, -0.05) is 15.9 Å². The van der Waals surface area contributed by atoms with Gasteiger partial charge in [0, 0.05) is 17.6 Å². The summed E-state index contributed by atoms with van der Waals surface area (Å²) in [5, 5.41) is 0.552. The Hall–Kier alpha value is -1.10. The number of nitrogens with zero attached hydrogens (tertiary/aromatic N) is 1. The fraction of sp³-hybridized carbons (Fsp3) is 0.333. The van der Waals surface area contributed by atoms with E-state index in [1.54, 1.807) is 6.07 Å². The van der Waals surface area contributed by atoms with Crippen LogP contribution in [0.1, 0.15) is 15.9 Å². The minimum atomic E-state index is -0.394. The molecule has 1 aromatic heterocycles. The van der Waals surface area contributed by atoms with Gasteiger partial charge in [0.05, 0.1) is 19.8 Å². The zero-order valence-corrected chi connectivity index (χ0v) is 9.50. The van der Waals surface area contributed by atoms with Crippen LogP contribution in [0.25, 0.3) is 0 Å². The number of esters is 1. The Morgan fingerprint density at radius 1 is 1.57 bits per heavy atom. The lowest BCUT2D eigenvalue weighted by atomic mass is 10.1. The fourth-order valence-electron chi connectivity index (χ4n) is 0.991. The summed E-state index contributed by atoms with van der Waals surface area (Å²) in [5.74, 6) is 0.0849. The second-order valence-electron chi connectivity index (χ2n) is 2.51. The fourth-order valence-corrected chi connectivity index (χ4v) is 1.46. The van der Waals surface area contributed by atoms with Crippen molar-refractivity contribution in [3.8, 4) is 5.88 Å². The van der Waals surface area contributed by atoms with E-state index in [-0.39, 0.29) is 0 Å². The molecule has 0 unspecified atom stereocenters. The first-order valence-electron chi connectivity index (χ1n) is 3.90. The SMILES string of the molecule is COC(=O)c1cnc(OC)cc1CBr. The summed E-state index contributed by atoms with van der Waals surface area (Å²) in [7, 11) is 2.86. The monoisotopic (exact) mass is 259 g/mol. The van der Waals surface area contributed by atoms with E-state index in [0.29, 0.717) is 16.8 Å². The van der Waals surface area contributed by atoms with Gasteiger partial charge in [0.15, 0.2) is 0 Å². The normalized spacial score (nSPS) is 9.64. The molecule has 0 fully saturated rings. The number of ether oxygens (including phenoxy) is 2. The van der Waals surface area contributed by atoms with Gasteiger partial charge in [-0.25, -0.2) is 9.78 Å². The van der Waals surface area contributed by atoms with E-state index in [1.807, 2.05) is 0 Å². The van der Waals surface area contributed by atoms with Gasteiger partial charge in [-0.2, -0.15) is 0 Å². The molecule has 0 bridgehead atoms. The molecule has 0 amide bonds. The molecule has 14 heavy (non-hydrogen) atoms. The molecule has 76 valence electrons. The average molecular weight is 260 g/mol. The van der Waals surface area contributed by atoms with E-state index in [1.165, 1.54) is 20.4 Å². The summed E-state index contributed by atoms with van der Waals surface area (Å²) >= 11 is 3.28. The van der Waals surface area contributed by atoms with Crippen LogP contribution in [-0.4, -0.2) is 25.2 Å². The Morgan fingerprint density at radius 3 is 2.79 bits per heavy atom. The predicted octanol–water partition coefficient (Wildman–Crippen LogP) is 1.77. The van der Waals surface area contributed by atoms with Gasteiger partial charge in [-0.3, -0.25) is 0 Å². The molecule has 0 saturated carbocycles. The van der Waals surface area contributed by atoms with Crippen molar-refractivity contribution in [1.29, 1.82) is 0 Å². The highest BCUT2D eigenvalue weighted by atomic mass is 79.9. The topological polar surface area (TPSA) is 48.4 Å². The molecule has 0 aliphatic heterocycles. The molecule has 1 rings (SSSR count). The van der Waals surface area contributed by atoms with Gasteiger partial charge in [-0.05, 0) is 5.56 Å². The smallest absolute Gasteiger partial charge is 0.339 e. The molecule has 0 radical (unpaired) electrons. The van der Waals surface area contributed by atoms with E-state index in [4.69, 9.17) is 4.74 Å². The van der Waals surface area contributed by atoms with Crippen LogP contribution < -0.4 is 4.74 Å². The summed E-state index contributed by atoms with van der Waals surface area (Å²) in [6.45, 7) is 0. The molecule has 5 heteroatoms. The first kappa shape index (κ1) is 11.0. The minimum absolute atomic E-state index is 0.394. The molecule has 0 spiro atoms. The summed E-state index contributed by atoms with van der Waals surface area (Å²) < 4.78 is 9.55. The number of aromatic nitrogens is 1. The lowest BCUT2D eigenvalue weighted by Crippen LogP contribution is -2.06. The van der Waals surface area contributed by atoms with E-state index in [2.05, 4.69) is 25.7 Å². The third-order valence-corrected chi connectivity index (χ3v) is 2.33. The first-order chi connectivity index (χ1) is 6.72. The second kappa shape index (κ2) is 4.95. The van der Waals surface area contributed by atoms with Crippen molar-refractivity contribution >= 4 is 21.9 Å². The number of pyridine rings is 1. The van der Waals surface area contributed by atoms with Crippen LogP contribution in [0.5, 0.6) is 5.88 Å². The van der Waals surface area contributed by atoms with Gasteiger partial charge >= 0.3 is 5.97 Å². The number of halogens is 1. The third-order valence-electron chi connectivity index (χ3n) is 1.72. The zero-order chi connectivity index (χ0) is 10.6. The third kappa shape index (κ3) is 2.23. The highest BCUT2D eigenvalue weighted by Gasteiger charge is 2.12. The Morgan fingerprint density at radius 2 is 2.29 bits per heavy atom. The van der Waals surface area contributed by atoms with Gasteiger partial charge in [0.25, 0.3) is 0 Å². The summed E-state index contributed by atoms with van der Waals surface area (Å²) in [4.78, 5) is 15.2.